The molecule has 0 spiro atoms. The fourth-order valence-corrected chi connectivity index (χ4v) is 1.28. The molecule has 1 atom stereocenters. The van der Waals surface area contributed by atoms with E-state index >= 15 is 0 Å². The minimum atomic E-state index is -0.806. The van der Waals surface area contributed by atoms with E-state index in [1.54, 1.807) is 6.92 Å². The van der Waals surface area contributed by atoms with Gasteiger partial charge in [-0.25, -0.2) is 0 Å². The van der Waals surface area contributed by atoms with E-state index in [2.05, 4.69) is 12.2 Å². The van der Waals surface area contributed by atoms with Crippen molar-refractivity contribution in [3.05, 3.63) is 0 Å². The lowest BCUT2D eigenvalue weighted by molar-refractivity contribution is -0.122. The molecular formula is C13H27NO2. The van der Waals surface area contributed by atoms with Crippen molar-refractivity contribution in [2.24, 2.45) is 5.92 Å². The van der Waals surface area contributed by atoms with Gasteiger partial charge in [-0.05, 0) is 19.3 Å². The molecule has 3 nitrogen and oxygen atoms in total. The molecule has 1 unspecified atom stereocenters. The highest BCUT2D eigenvalue weighted by atomic mass is 16.3. The maximum Gasteiger partial charge on any atom is 0.220 e. The summed E-state index contributed by atoms with van der Waals surface area (Å²) < 4.78 is 0. The third-order valence-corrected chi connectivity index (χ3v) is 3.14. The summed E-state index contributed by atoms with van der Waals surface area (Å²) in [6.07, 6.45) is 5.02. The van der Waals surface area contributed by atoms with Crippen LogP contribution in [0.3, 0.4) is 0 Å². The molecule has 0 heterocycles. The van der Waals surface area contributed by atoms with Crippen LogP contribution in [-0.2, 0) is 4.79 Å². The van der Waals surface area contributed by atoms with Crippen LogP contribution < -0.4 is 5.32 Å². The molecular weight excluding hydrogens is 202 g/mol. The number of rotatable bonds is 8. The normalized spacial score (nSPS) is 14.9. The van der Waals surface area contributed by atoms with Crippen LogP contribution in [0.25, 0.3) is 0 Å². The van der Waals surface area contributed by atoms with Gasteiger partial charge in [0, 0.05) is 13.0 Å². The summed E-state index contributed by atoms with van der Waals surface area (Å²) in [5.41, 5.74) is -0.806. The maximum atomic E-state index is 11.5. The number of hydrogen-bond acceptors (Lipinski definition) is 2. The van der Waals surface area contributed by atoms with Gasteiger partial charge in [0.1, 0.15) is 0 Å². The van der Waals surface area contributed by atoms with Crippen molar-refractivity contribution in [2.45, 2.75) is 65.4 Å². The summed E-state index contributed by atoms with van der Waals surface area (Å²) in [6.45, 7) is 8.16. The third-order valence-electron chi connectivity index (χ3n) is 3.14. The predicted molar refractivity (Wildman–Crippen MR) is 67.2 cm³/mol. The van der Waals surface area contributed by atoms with Crippen LogP contribution in [0.15, 0.2) is 0 Å². The lowest BCUT2D eigenvalue weighted by atomic mass is 9.92. The third kappa shape index (κ3) is 6.83. The fourth-order valence-electron chi connectivity index (χ4n) is 1.28. The van der Waals surface area contributed by atoms with Gasteiger partial charge < -0.3 is 10.4 Å². The van der Waals surface area contributed by atoms with Gasteiger partial charge in [-0.2, -0.15) is 0 Å². The van der Waals surface area contributed by atoms with Crippen molar-refractivity contribution in [3.8, 4) is 0 Å². The number of nitrogens with one attached hydrogen (secondary N) is 1. The zero-order valence-corrected chi connectivity index (χ0v) is 11.2. The molecule has 96 valence electrons. The smallest absolute Gasteiger partial charge is 0.220 e. The zero-order valence-electron chi connectivity index (χ0n) is 11.2. The summed E-state index contributed by atoms with van der Waals surface area (Å²) in [4.78, 5) is 11.5. The molecule has 2 N–H and O–H groups in total. The number of aliphatic hydroxyl groups is 1. The summed E-state index contributed by atoms with van der Waals surface area (Å²) in [7, 11) is 0. The van der Waals surface area contributed by atoms with E-state index in [0.717, 1.165) is 12.8 Å². The second-order valence-corrected chi connectivity index (χ2v) is 5.10. The first-order chi connectivity index (χ1) is 7.40. The van der Waals surface area contributed by atoms with Crippen molar-refractivity contribution in [3.63, 3.8) is 0 Å². The van der Waals surface area contributed by atoms with Crippen LogP contribution in [-0.4, -0.2) is 23.2 Å². The van der Waals surface area contributed by atoms with Gasteiger partial charge in [-0.1, -0.05) is 40.0 Å². The Morgan fingerprint density at radius 3 is 2.44 bits per heavy atom. The van der Waals surface area contributed by atoms with E-state index in [1.807, 2.05) is 13.8 Å². The molecule has 0 aromatic carbocycles. The summed E-state index contributed by atoms with van der Waals surface area (Å²) in [5.74, 6) is 0.199. The van der Waals surface area contributed by atoms with Gasteiger partial charge >= 0.3 is 0 Å². The van der Waals surface area contributed by atoms with Gasteiger partial charge in [0.25, 0.3) is 0 Å². The number of amides is 1. The van der Waals surface area contributed by atoms with E-state index < -0.39 is 5.60 Å². The first-order valence-electron chi connectivity index (χ1n) is 6.39. The van der Waals surface area contributed by atoms with Crippen molar-refractivity contribution < 1.29 is 9.90 Å². The molecule has 0 radical (unpaired) electrons. The molecule has 0 fully saturated rings. The first-order valence-corrected chi connectivity index (χ1v) is 6.39. The van der Waals surface area contributed by atoms with Crippen LogP contribution in [0, 0.1) is 5.92 Å². The Morgan fingerprint density at radius 2 is 1.94 bits per heavy atom. The molecule has 1 amide bonds. The quantitative estimate of drug-likeness (QED) is 0.628. The van der Waals surface area contributed by atoms with Crippen LogP contribution in [0.1, 0.15) is 59.8 Å². The van der Waals surface area contributed by atoms with E-state index in [9.17, 15) is 9.90 Å². The highest BCUT2D eigenvalue weighted by Crippen LogP contribution is 2.14. The van der Waals surface area contributed by atoms with Crippen molar-refractivity contribution in [1.82, 2.24) is 5.32 Å². The Morgan fingerprint density at radius 1 is 1.31 bits per heavy atom. The molecule has 3 heteroatoms. The number of unbranched alkanes of at least 4 members (excludes halogenated alkanes) is 3. The van der Waals surface area contributed by atoms with Crippen LogP contribution in [0.5, 0.6) is 0 Å². The van der Waals surface area contributed by atoms with Crippen molar-refractivity contribution in [1.29, 1.82) is 0 Å². The maximum absolute atomic E-state index is 11.5. The Labute approximate surface area is 99.6 Å². The zero-order chi connectivity index (χ0) is 12.6. The molecule has 0 aliphatic carbocycles. The molecule has 0 aliphatic heterocycles. The van der Waals surface area contributed by atoms with Crippen LogP contribution in [0.2, 0.25) is 0 Å². The van der Waals surface area contributed by atoms with Crippen molar-refractivity contribution >= 4 is 5.91 Å². The molecule has 0 aromatic rings. The highest BCUT2D eigenvalue weighted by Gasteiger charge is 2.24. The second-order valence-electron chi connectivity index (χ2n) is 5.10. The summed E-state index contributed by atoms with van der Waals surface area (Å²) >= 11 is 0. The van der Waals surface area contributed by atoms with Gasteiger partial charge in [-0.3, -0.25) is 4.79 Å². The first kappa shape index (κ1) is 15.4. The van der Waals surface area contributed by atoms with E-state index in [0.29, 0.717) is 13.0 Å². The molecule has 0 rings (SSSR count). The van der Waals surface area contributed by atoms with Crippen molar-refractivity contribution in [2.75, 3.05) is 6.54 Å². The number of carbonyl (C=O) groups excluding carboxylic acids is 1. The SMILES string of the molecule is CCCCCCC(=O)NCC(C)(O)C(C)C. The van der Waals surface area contributed by atoms with Gasteiger partial charge in [0.05, 0.1) is 5.60 Å². The van der Waals surface area contributed by atoms with Crippen LogP contribution in [0.4, 0.5) is 0 Å². The molecule has 0 aliphatic rings. The van der Waals surface area contributed by atoms with Gasteiger partial charge in [0.15, 0.2) is 0 Å². The monoisotopic (exact) mass is 229 g/mol. The Hall–Kier alpha value is -0.570. The van der Waals surface area contributed by atoms with E-state index in [4.69, 9.17) is 0 Å². The Bertz CT molecular complexity index is 200. The molecule has 0 saturated heterocycles. The highest BCUT2D eigenvalue weighted by molar-refractivity contribution is 5.75. The predicted octanol–water partition coefficient (Wildman–Crippen LogP) is 2.48. The Balaban J connectivity index is 3.65. The number of hydrogen-bond donors (Lipinski definition) is 2. The molecule has 0 aromatic heterocycles. The van der Waals surface area contributed by atoms with E-state index in [1.165, 1.54) is 12.8 Å². The lowest BCUT2D eigenvalue weighted by Gasteiger charge is -2.27. The second kappa shape index (κ2) is 7.66. The van der Waals surface area contributed by atoms with E-state index in [-0.39, 0.29) is 11.8 Å². The molecule has 16 heavy (non-hydrogen) atoms. The minimum absolute atomic E-state index is 0.0528. The topological polar surface area (TPSA) is 49.3 Å². The standard InChI is InChI=1S/C13H27NO2/c1-5-6-7-8-9-12(15)14-10-13(4,16)11(2)3/h11,16H,5-10H2,1-4H3,(H,14,15). The van der Waals surface area contributed by atoms with Crippen LogP contribution >= 0.6 is 0 Å². The average molecular weight is 229 g/mol. The van der Waals surface area contributed by atoms with Gasteiger partial charge in [0.2, 0.25) is 5.91 Å². The summed E-state index contributed by atoms with van der Waals surface area (Å²) in [5, 5.41) is 12.7. The largest absolute Gasteiger partial charge is 0.388 e. The lowest BCUT2D eigenvalue weighted by Crippen LogP contribution is -2.44. The molecule has 0 bridgehead atoms. The minimum Gasteiger partial charge on any atom is -0.388 e. The molecule has 0 saturated carbocycles. The fraction of sp³-hybridized carbons (Fsp3) is 0.923. The average Bonchev–Trinajstić information content (AvgIpc) is 2.21. The Kier molecular flexibility index (Phi) is 7.39. The van der Waals surface area contributed by atoms with Gasteiger partial charge in [-0.15, -0.1) is 0 Å². The summed E-state index contributed by atoms with van der Waals surface area (Å²) in [6, 6.07) is 0. The number of carbonyl (C=O) groups is 1.